The van der Waals surface area contributed by atoms with Crippen LogP contribution in [0.4, 0.5) is 8.78 Å². The first-order chi connectivity index (χ1) is 6.48. The SMILES string of the molecule is Cc1cn2c(C(C)(F)F)nnc2cn1. The van der Waals surface area contributed by atoms with Crippen molar-refractivity contribution >= 4 is 5.65 Å². The topological polar surface area (TPSA) is 43.1 Å². The summed E-state index contributed by atoms with van der Waals surface area (Å²) in [5, 5.41) is 7.03. The lowest BCUT2D eigenvalue weighted by Gasteiger charge is -2.07. The Morgan fingerprint density at radius 1 is 1.36 bits per heavy atom. The van der Waals surface area contributed by atoms with Gasteiger partial charge < -0.3 is 0 Å². The summed E-state index contributed by atoms with van der Waals surface area (Å²) in [6.07, 6.45) is 2.90. The second kappa shape index (κ2) is 2.70. The molecule has 6 heteroatoms. The van der Waals surface area contributed by atoms with E-state index >= 15 is 0 Å². The average Bonchev–Trinajstić information content (AvgIpc) is 2.45. The Bertz CT molecular complexity index is 472. The number of rotatable bonds is 1. The normalized spacial score (nSPS) is 12.3. The summed E-state index contributed by atoms with van der Waals surface area (Å²) in [7, 11) is 0. The zero-order valence-corrected chi connectivity index (χ0v) is 7.70. The van der Waals surface area contributed by atoms with Gasteiger partial charge in [-0.2, -0.15) is 8.78 Å². The van der Waals surface area contributed by atoms with E-state index in [0.29, 0.717) is 11.3 Å². The summed E-state index contributed by atoms with van der Waals surface area (Å²) < 4.78 is 27.3. The molecular weight excluding hydrogens is 190 g/mol. The van der Waals surface area contributed by atoms with Crippen molar-refractivity contribution in [1.82, 2.24) is 19.6 Å². The summed E-state index contributed by atoms with van der Waals surface area (Å²) in [6, 6.07) is 0. The minimum Gasteiger partial charge on any atom is -0.278 e. The molecule has 4 nitrogen and oxygen atoms in total. The van der Waals surface area contributed by atoms with E-state index in [2.05, 4.69) is 15.2 Å². The molecule has 0 radical (unpaired) electrons. The summed E-state index contributed by atoms with van der Waals surface area (Å²) >= 11 is 0. The Balaban J connectivity index is 2.73. The lowest BCUT2D eigenvalue weighted by Crippen LogP contribution is -2.12. The van der Waals surface area contributed by atoms with Gasteiger partial charge in [-0.1, -0.05) is 0 Å². The van der Waals surface area contributed by atoms with Gasteiger partial charge in [0.25, 0.3) is 0 Å². The van der Waals surface area contributed by atoms with E-state index in [-0.39, 0.29) is 5.82 Å². The lowest BCUT2D eigenvalue weighted by atomic mass is 10.3. The number of halogens is 2. The molecule has 0 N–H and O–H groups in total. The molecule has 0 fully saturated rings. The smallest absolute Gasteiger partial charge is 0.278 e. The largest absolute Gasteiger partial charge is 0.304 e. The second-order valence-corrected chi connectivity index (χ2v) is 3.17. The molecule has 0 bridgehead atoms. The molecule has 0 spiro atoms. The molecule has 0 aliphatic carbocycles. The predicted molar refractivity (Wildman–Crippen MR) is 45.1 cm³/mol. The Labute approximate surface area is 78.6 Å². The van der Waals surface area contributed by atoms with Gasteiger partial charge in [0.05, 0.1) is 11.9 Å². The van der Waals surface area contributed by atoms with Crippen LogP contribution in [0.15, 0.2) is 12.4 Å². The predicted octanol–water partition coefficient (Wildman–Crippen LogP) is 1.54. The van der Waals surface area contributed by atoms with Crippen molar-refractivity contribution < 1.29 is 8.78 Å². The number of aryl methyl sites for hydroxylation is 1. The van der Waals surface area contributed by atoms with E-state index in [9.17, 15) is 8.78 Å². The van der Waals surface area contributed by atoms with Crippen LogP contribution in [0.1, 0.15) is 18.4 Å². The van der Waals surface area contributed by atoms with Gasteiger partial charge in [-0.3, -0.25) is 9.38 Å². The van der Waals surface area contributed by atoms with Crippen molar-refractivity contribution in [1.29, 1.82) is 0 Å². The van der Waals surface area contributed by atoms with Crippen molar-refractivity contribution in [2.45, 2.75) is 19.8 Å². The van der Waals surface area contributed by atoms with Gasteiger partial charge >= 0.3 is 5.92 Å². The van der Waals surface area contributed by atoms with Gasteiger partial charge in [-0.25, -0.2) is 0 Å². The van der Waals surface area contributed by atoms with Crippen LogP contribution in [0.3, 0.4) is 0 Å². The number of nitrogens with zero attached hydrogens (tertiary/aromatic N) is 4. The Morgan fingerprint density at radius 2 is 2.07 bits per heavy atom. The third-order valence-electron chi connectivity index (χ3n) is 1.81. The van der Waals surface area contributed by atoms with E-state index in [4.69, 9.17) is 0 Å². The average molecular weight is 198 g/mol. The molecule has 0 atom stereocenters. The van der Waals surface area contributed by atoms with Gasteiger partial charge in [0, 0.05) is 13.1 Å². The van der Waals surface area contributed by atoms with Crippen LogP contribution >= 0.6 is 0 Å². The zero-order chi connectivity index (χ0) is 10.3. The molecule has 14 heavy (non-hydrogen) atoms. The highest BCUT2D eigenvalue weighted by Crippen LogP contribution is 2.25. The quantitative estimate of drug-likeness (QED) is 0.698. The Morgan fingerprint density at radius 3 is 2.71 bits per heavy atom. The van der Waals surface area contributed by atoms with Crippen LogP contribution in [-0.2, 0) is 5.92 Å². The van der Waals surface area contributed by atoms with Crippen molar-refractivity contribution in [2.75, 3.05) is 0 Å². The molecule has 0 saturated carbocycles. The van der Waals surface area contributed by atoms with Crippen molar-refractivity contribution in [3.8, 4) is 0 Å². The molecule has 2 aromatic heterocycles. The number of hydrogen-bond acceptors (Lipinski definition) is 3. The second-order valence-electron chi connectivity index (χ2n) is 3.17. The molecule has 2 rings (SSSR count). The third-order valence-corrected chi connectivity index (χ3v) is 1.81. The zero-order valence-electron chi connectivity index (χ0n) is 7.70. The number of fused-ring (bicyclic) bond motifs is 1. The first-order valence-electron chi connectivity index (χ1n) is 4.04. The van der Waals surface area contributed by atoms with Crippen molar-refractivity contribution in [2.24, 2.45) is 0 Å². The van der Waals surface area contributed by atoms with Gasteiger partial charge in [0.15, 0.2) is 5.65 Å². The molecular formula is C8H8F2N4. The van der Waals surface area contributed by atoms with Gasteiger partial charge in [-0.15, -0.1) is 10.2 Å². The van der Waals surface area contributed by atoms with Crippen LogP contribution in [-0.4, -0.2) is 19.6 Å². The fourth-order valence-corrected chi connectivity index (χ4v) is 1.20. The molecule has 2 aromatic rings. The summed E-state index contributed by atoms with van der Waals surface area (Å²) in [5.41, 5.74) is 0.968. The van der Waals surface area contributed by atoms with E-state index in [1.807, 2.05) is 0 Å². The van der Waals surface area contributed by atoms with Crippen LogP contribution in [0.25, 0.3) is 5.65 Å². The molecule has 2 heterocycles. The standard InChI is InChI=1S/C8H8F2N4/c1-5-4-14-6(3-11-5)12-13-7(14)8(2,9)10/h3-4H,1-2H3. The van der Waals surface area contributed by atoms with E-state index in [0.717, 1.165) is 6.92 Å². The number of hydrogen-bond donors (Lipinski definition) is 0. The first-order valence-corrected chi connectivity index (χ1v) is 4.04. The molecule has 0 aromatic carbocycles. The maximum Gasteiger partial charge on any atom is 0.304 e. The monoisotopic (exact) mass is 198 g/mol. The van der Waals surface area contributed by atoms with Crippen LogP contribution in [0.2, 0.25) is 0 Å². The minimum atomic E-state index is -2.99. The van der Waals surface area contributed by atoms with Crippen molar-refractivity contribution in [3.05, 3.63) is 23.9 Å². The molecule has 0 aliphatic heterocycles. The van der Waals surface area contributed by atoms with Crippen LogP contribution in [0, 0.1) is 6.92 Å². The van der Waals surface area contributed by atoms with E-state index < -0.39 is 5.92 Å². The fraction of sp³-hybridized carbons (Fsp3) is 0.375. The first kappa shape index (κ1) is 8.98. The third kappa shape index (κ3) is 1.32. The Kier molecular flexibility index (Phi) is 1.73. The van der Waals surface area contributed by atoms with Gasteiger partial charge in [0.2, 0.25) is 5.82 Å². The molecule has 0 amide bonds. The van der Waals surface area contributed by atoms with Crippen molar-refractivity contribution in [3.63, 3.8) is 0 Å². The number of aromatic nitrogens is 4. The molecule has 0 saturated heterocycles. The summed E-state index contributed by atoms with van der Waals surface area (Å²) in [6.45, 7) is 2.51. The highest BCUT2D eigenvalue weighted by Gasteiger charge is 2.30. The molecule has 0 unspecified atom stereocenters. The number of alkyl halides is 2. The minimum absolute atomic E-state index is 0.326. The summed E-state index contributed by atoms with van der Waals surface area (Å²) in [4.78, 5) is 3.93. The fourth-order valence-electron chi connectivity index (χ4n) is 1.20. The van der Waals surface area contributed by atoms with E-state index in [1.165, 1.54) is 16.8 Å². The molecule has 74 valence electrons. The van der Waals surface area contributed by atoms with Gasteiger partial charge in [-0.05, 0) is 6.92 Å². The van der Waals surface area contributed by atoms with E-state index in [1.54, 1.807) is 6.92 Å². The molecule has 0 aliphatic rings. The maximum atomic E-state index is 13.0. The Hall–Kier alpha value is -1.59. The summed E-state index contributed by atoms with van der Waals surface area (Å²) in [5.74, 6) is -3.36. The van der Waals surface area contributed by atoms with Crippen LogP contribution in [0.5, 0.6) is 0 Å². The highest BCUT2D eigenvalue weighted by atomic mass is 19.3. The lowest BCUT2D eigenvalue weighted by molar-refractivity contribution is 0.00666. The maximum absolute atomic E-state index is 13.0. The highest BCUT2D eigenvalue weighted by molar-refractivity contribution is 5.35. The van der Waals surface area contributed by atoms with Crippen LogP contribution < -0.4 is 0 Å². The van der Waals surface area contributed by atoms with Gasteiger partial charge in [0.1, 0.15) is 0 Å².